The molecule has 0 bridgehead atoms. The number of benzene rings is 1. The molecule has 1 atom stereocenters. The zero-order valence-corrected chi connectivity index (χ0v) is 7.60. The first-order valence-electron chi connectivity index (χ1n) is 3.23. The molecule has 0 saturated carbocycles. The van der Waals surface area contributed by atoms with Crippen LogP contribution in [0.4, 0.5) is 4.39 Å². The molecule has 1 N–H and O–H groups in total. The number of phenolic OH excluding ortho intramolecular Hbond substituents is 1. The monoisotopic (exact) mass is 218 g/mol. The lowest BCUT2D eigenvalue weighted by Crippen LogP contribution is -1.85. The number of rotatable bonds is 1. The number of aromatic hydroxyl groups is 1. The first-order chi connectivity index (χ1) is 5.11. The Morgan fingerprint density at radius 3 is 2.64 bits per heavy atom. The Balaban J connectivity index is 3.13. The highest BCUT2D eigenvalue weighted by Crippen LogP contribution is 2.28. The summed E-state index contributed by atoms with van der Waals surface area (Å²) in [7, 11) is 0. The minimum atomic E-state index is -1.13. The van der Waals surface area contributed by atoms with Crippen LogP contribution < -0.4 is 0 Å². The van der Waals surface area contributed by atoms with Crippen molar-refractivity contribution in [3.8, 4) is 5.75 Å². The van der Waals surface area contributed by atoms with Crippen molar-refractivity contribution in [2.24, 2.45) is 0 Å². The van der Waals surface area contributed by atoms with Crippen molar-refractivity contribution in [2.45, 2.75) is 13.1 Å². The first kappa shape index (κ1) is 8.53. The number of phenols is 1. The van der Waals surface area contributed by atoms with Crippen molar-refractivity contribution in [3.05, 3.63) is 28.2 Å². The van der Waals surface area contributed by atoms with E-state index in [0.29, 0.717) is 5.56 Å². The van der Waals surface area contributed by atoms with Gasteiger partial charge in [-0.1, -0.05) is 15.9 Å². The average Bonchev–Trinajstić information content (AvgIpc) is 1.94. The number of alkyl halides is 1. The molecular weight excluding hydrogens is 211 g/mol. The van der Waals surface area contributed by atoms with Crippen LogP contribution in [0.2, 0.25) is 0 Å². The smallest absolute Gasteiger partial charge is 0.126 e. The molecular formula is C8H8BrFO. The summed E-state index contributed by atoms with van der Waals surface area (Å²) in [6, 6.07) is 4.71. The van der Waals surface area contributed by atoms with Gasteiger partial charge in [-0.2, -0.15) is 0 Å². The fourth-order valence-electron chi connectivity index (χ4n) is 0.844. The Labute approximate surface area is 73.0 Å². The Morgan fingerprint density at radius 1 is 1.55 bits per heavy atom. The molecule has 0 aliphatic heterocycles. The van der Waals surface area contributed by atoms with Crippen molar-refractivity contribution >= 4 is 15.9 Å². The van der Waals surface area contributed by atoms with E-state index < -0.39 is 6.17 Å². The van der Waals surface area contributed by atoms with Crippen LogP contribution in [0.15, 0.2) is 22.7 Å². The summed E-state index contributed by atoms with van der Waals surface area (Å²) in [6.07, 6.45) is -1.13. The molecule has 0 aromatic heterocycles. The van der Waals surface area contributed by atoms with Gasteiger partial charge < -0.3 is 5.11 Å². The van der Waals surface area contributed by atoms with Crippen molar-refractivity contribution in [1.29, 1.82) is 0 Å². The van der Waals surface area contributed by atoms with Crippen molar-refractivity contribution in [1.82, 2.24) is 0 Å². The zero-order chi connectivity index (χ0) is 8.43. The molecule has 3 heteroatoms. The highest BCUT2D eigenvalue weighted by Gasteiger charge is 2.08. The lowest BCUT2D eigenvalue weighted by Gasteiger charge is -2.04. The first-order valence-corrected chi connectivity index (χ1v) is 4.03. The van der Waals surface area contributed by atoms with E-state index in [2.05, 4.69) is 15.9 Å². The Bertz CT molecular complexity index is 260. The molecule has 0 spiro atoms. The van der Waals surface area contributed by atoms with Gasteiger partial charge in [-0.05, 0) is 25.1 Å². The van der Waals surface area contributed by atoms with Gasteiger partial charge in [0.05, 0.1) is 0 Å². The third kappa shape index (κ3) is 1.93. The van der Waals surface area contributed by atoms with Crippen LogP contribution in [0.25, 0.3) is 0 Å². The van der Waals surface area contributed by atoms with Gasteiger partial charge in [-0.15, -0.1) is 0 Å². The Morgan fingerprint density at radius 2 is 2.18 bits per heavy atom. The second-order valence-electron chi connectivity index (χ2n) is 2.32. The van der Waals surface area contributed by atoms with Crippen LogP contribution in [0, 0.1) is 0 Å². The van der Waals surface area contributed by atoms with Crippen LogP contribution in [0.3, 0.4) is 0 Å². The van der Waals surface area contributed by atoms with Crippen LogP contribution in [-0.4, -0.2) is 5.11 Å². The normalized spacial score (nSPS) is 13.0. The molecule has 0 aliphatic carbocycles. The fraction of sp³-hybridized carbons (Fsp3) is 0.250. The summed E-state index contributed by atoms with van der Waals surface area (Å²) < 4.78 is 13.5. The third-order valence-electron chi connectivity index (χ3n) is 1.42. The molecule has 0 aliphatic rings. The van der Waals surface area contributed by atoms with Crippen molar-refractivity contribution in [2.75, 3.05) is 0 Å². The van der Waals surface area contributed by atoms with E-state index in [-0.39, 0.29) is 5.75 Å². The molecule has 11 heavy (non-hydrogen) atoms. The van der Waals surface area contributed by atoms with Crippen LogP contribution in [0.5, 0.6) is 5.75 Å². The molecule has 1 aromatic carbocycles. The minimum absolute atomic E-state index is 0.00296. The van der Waals surface area contributed by atoms with E-state index in [0.717, 1.165) is 4.47 Å². The summed E-state index contributed by atoms with van der Waals surface area (Å²) in [5.41, 5.74) is 0.319. The summed E-state index contributed by atoms with van der Waals surface area (Å²) in [4.78, 5) is 0. The van der Waals surface area contributed by atoms with E-state index in [9.17, 15) is 4.39 Å². The van der Waals surface area contributed by atoms with Gasteiger partial charge in [-0.25, -0.2) is 4.39 Å². The molecule has 0 heterocycles. The Hall–Kier alpha value is -0.570. The highest BCUT2D eigenvalue weighted by molar-refractivity contribution is 9.10. The molecule has 1 nitrogen and oxygen atoms in total. The standard InChI is InChI=1S/C8H8BrFO/c1-5(10)7-4-6(9)2-3-8(7)11/h2-5,11H,1H3. The second kappa shape index (κ2) is 3.22. The molecule has 0 amide bonds. The van der Waals surface area contributed by atoms with Gasteiger partial charge in [-0.3, -0.25) is 0 Å². The van der Waals surface area contributed by atoms with E-state index in [1.165, 1.54) is 13.0 Å². The number of halogens is 2. The maximum Gasteiger partial charge on any atom is 0.126 e. The van der Waals surface area contributed by atoms with Gasteiger partial charge in [0.1, 0.15) is 11.9 Å². The van der Waals surface area contributed by atoms with Gasteiger partial charge in [0.25, 0.3) is 0 Å². The predicted molar refractivity (Wildman–Crippen MR) is 45.3 cm³/mol. The van der Waals surface area contributed by atoms with Gasteiger partial charge in [0.2, 0.25) is 0 Å². The summed E-state index contributed by atoms with van der Waals surface area (Å²) in [6.45, 7) is 1.39. The van der Waals surface area contributed by atoms with Gasteiger partial charge in [0.15, 0.2) is 0 Å². The van der Waals surface area contributed by atoms with Crippen molar-refractivity contribution < 1.29 is 9.50 Å². The summed E-state index contributed by atoms with van der Waals surface area (Å²) in [5.74, 6) is 0.00296. The van der Waals surface area contributed by atoms with Crippen LogP contribution in [-0.2, 0) is 0 Å². The molecule has 1 rings (SSSR count). The van der Waals surface area contributed by atoms with Crippen LogP contribution in [0.1, 0.15) is 18.7 Å². The van der Waals surface area contributed by atoms with Crippen molar-refractivity contribution in [3.63, 3.8) is 0 Å². The molecule has 60 valence electrons. The lowest BCUT2D eigenvalue weighted by atomic mass is 10.1. The molecule has 0 fully saturated rings. The topological polar surface area (TPSA) is 20.2 Å². The van der Waals surface area contributed by atoms with Crippen LogP contribution >= 0.6 is 15.9 Å². The number of hydrogen-bond donors (Lipinski definition) is 1. The Kier molecular flexibility index (Phi) is 2.49. The van der Waals surface area contributed by atoms with Gasteiger partial charge in [0, 0.05) is 10.0 Å². The van der Waals surface area contributed by atoms with E-state index in [1.54, 1.807) is 12.1 Å². The highest BCUT2D eigenvalue weighted by atomic mass is 79.9. The lowest BCUT2D eigenvalue weighted by molar-refractivity contribution is 0.356. The SMILES string of the molecule is CC(F)c1cc(Br)ccc1O. The summed E-state index contributed by atoms with van der Waals surface area (Å²) in [5, 5.41) is 9.14. The zero-order valence-electron chi connectivity index (χ0n) is 6.01. The molecule has 0 radical (unpaired) electrons. The molecule has 1 aromatic rings. The van der Waals surface area contributed by atoms with E-state index >= 15 is 0 Å². The minimum Gasteiger partial charge on any atom is -0.508 e. The maximum absolute atomic E-state index is 12.7. The maximum atomic E-state index is 12.7. The molecule has 1 unspecified atom stereocenters. The fourth-order valence-corrected chi connectivity index (χ4v) is 1.22. The largest absolute Gasteiger partial charge is 0.508 e. The predicted octanol–water partition coefficient (Wildman–Crippen LogP) is 3.19. The summed E-state index contributed by atoms with van der Waals surface area (Å²) >= 11 is 3.19. The second-order valence-corrected chi connectivity index (χ2v) is 3.23. The molecule has 0 saturated heterocycles. The van der Waals surface area contributed by atoms with E-state index in [1.807, 2.05) is 0 Å². The number of hydrogen-bond acceptors (Lipinski definition) is 1. The average molecular weight is 219 g/mol. The third-order valence-corrected chi connectivity index (χ3v) is 1.91. The van der Waals surface area contributed by atoms with E-state index in [4.69, 9.17) is 5.11 Å². The van der Waals surface area contributed by atoms with Gasteiger partial charge >= 0.3 is 0 Å². The quantitative estimate of drug-likeness (QED) is 0.768.